The average molecular weight is 395 g/mol. The third-order valence-corrected chi connectivity index (χ3v) is 4.75. The third-order valence-electron chi connectivity index (χ3n) is 4.75. The number of nitrogen functional groups attached to an aromatic ring is 1. The van der Waals surface area contributed by atoms with Gasteiger partial charge in [-0.2, -0.15) is 0 Å². The van der Waals surface area contributed by atoms with Gasteiger partial charge in [-0.1, -0.05) is 29.8 Å². The second-order valence-corrected chi connectivity index (χ2v) is 7.02. The quantitative estimate of drug-likeness (QED) is 0.455. The highest BCUT2D eigenvalue weighted by molar-refractivity contribution is 5.99. The van der Waals surface area contributed by atoms with Crippen molar-refractivity contribution in [3.05, 3.63) is 96.1 Å². The van der Waals surface area contributed by atoms with Crippen LogP contribution in [0.25, 0.3) is 22.5 Å². The molecule has 0 bridgehead atoms. The van der Waals surface area contributed by atoms with Crippen molar-refractivity contribution in [1.82, 2.24) is 4.98 Å². The van der Waals surface area contributed by atoms with Crippen LogP contribution < -0.4 is 16.2 Å². The van der Waals surface area contributed by atoms with Crippen LogP contribution in [-0.4, -0.2) is 10.9 Å². The van der Waals surface area contributed by atoms with Crippen LogP contribution >= 0.6 is 0 Å². The molecule has 0 saturated carbocycles. The number of carbonyl (C=O) groups excluding carboxylic acids is 1. The summed E-state index contributed by atoms with van der Waals surface area (Å²) in [5.41, 5.74) is 16.5. The Balaban J connectivity index is 1.67. The molecule has 1 heterocycles. The number of nitrogens with zero attached hydrogens (tertiary/aromatic N) is 1. The van der Waals surface area contributed by atoms with Gasteiger partial charge >= 0.3 is 0 Å². The van der Waals surface area contributed by atoms with Crippen molar-refractivity contribution < 1.29 is 9.53 Å². The van der Waals surface area contributed by atoms with Crippen LogP contribution in [0.1, 0.15) is 15.9 Å². The summed E-state index contributed by atoms with van der Waals surface area (Å²) in [5.74, 6) is 0.925. The number of hydrogen-bond donors (Lipinski definition) is 2. The topological polar surface area (TPSA) is 91.2 Å². The summed E-state index contributed by atoms with van der Waals surface area (Å²) in [6.07, 6.45) is 0. The highest BCUT2D eigenvalue weighted by atomic mass is 16.5. The second-order valence-electron chi connectivity index (χ2n) is 7.02. The number of rotatable bonds is 5. The van der Waals surface area contributed by atoms with E-state index in [1.807, 2.05) is 79.7 Å². The minimum Gasteiger partial charge on any atom is -0.457 e. The summed E-state index contributed by atoms with van der Waals surface area (Å²) in [6.45, 7) is 2.03. The van der Waals surface area contributed by atoms with Crippen LogP contribution in [0, 0.1) is 6.92 Å². The van der Waals surface area contributed by atoms with Crippen molar-refractivity contribution in [3.63, 3.8) is 0 Å². The van der Waals surface area contributed by atoms with Crippen molar-refractivity contribution in [2.24, 2.45) is 5.73 Å². The van der Waals surface area contributed by atoms with Gasteiger partial charge in [-0.15, -0.1) is 0 Å². The summed E-state index contributed by atoms with van der Waals surface area (Å²) >= 11 is 0. The fourth-order valence-corrected chi connectivity index (χ4v) is 3.12. The monoisotopic (exact) mass is 395 g/mol. The van der Waals surface area contributed by atoms with Crippen molar-refractivity contribution in [1.29, 1.82) is 0 Å². The summed E-state index contributed by atoms with van der Waals surface area (Å²) in [6, 6.07) is 26.2. The van der Waals surface area contributed by atoms with Crippen LogP contribution in [0.3, 0.4) is 0 Å². The Bertz CT molecular complexity index is 1180. The van der Waals surface area contributed by atoms with Crippen LogP contribution in [0.5, 0.6) is 11.5 Å². The lowest BCUT2D eigenvalue weighted by atomic mass is 10.0. The van der Waals surface area contributed by atoms with Gasteiger partial charge in [0.25, 0.3) is 5.91 Å². The molecule has 0 radical (unpaired) electrons. The largest absolute Gasteiger partial charge is 0.457 e. The first kappa shape index (κ1) is 19.2. The Labute approximate surface area is 175 Å². The predicted octanol–water partition coefficient (Wildman–Crippen LogP) is 5.20. The van der Waals surface area contributed by atoms with E-state index in [-0.39, 0.29) is 0 Å². The molecular weight excluding hydrogens is 374 g/mol. The van der Waals surface area contributed by atoms with Gasteiger partial charge < -0.3 is 16.2 Å². The first-order valence-electron chi connectivity index (χ1n) is 9.51. The molecule has 0 aliphatic carbocycles. The number of benzene rings is 3. The van der Waals surface area contributed by atoms with E-state index in [1.54, 1.807) is 12.1 Å². The van der Waals surface area contributed by atoms with Gasteiger partial charge in [0.1, 0.15) is 11.5 Å². The smallest absolute Gasteiger partial charge is 0.250 e. The standard InChI is InChI=1S/C25H21N3O2/c1-16-2-10-20(11-3-16)30-21-12-6-18(7-13-21)24-22(25(27)29)14-15-23(28-24)17-4-8-19(26)9-5-17/h2-15H,26H2,1H3,(H2,27,29). The van der Waals surface area contributed by atoms with Crippen molar-refractivity contribution in [2.75, 3.05) is 5.73 Å². The van der Waals surface area contributed by atoms with E-state index in [2.05, 4.69) is 0 Å². The molecule has 0 aliphatic heterocycles. The summed E-state index contributed by atoms with van der Waals surface area (Å²) in [4.78, 5) is 16.7. The number of nitrogens with two attached hydrogens (primary N) is 2. The fourth-order valence-electron chi connectivity index (χ4n) is 3.12. The van der Waals surface area contributed by atoms with E-state index in [0.717, 1.165) is 22.6 Å². The van der Waals surface area contributed by atoms with Gasteiger partial charge in [0.2, 0.25) is 0 Å². The van der Waals surface area contributed by atoms with Crippen molar-refractivity contribution in [3.8, 4) is 34.0 Å². The van der Waals surface area contributed by atoms with Gasteiger partial charge in [-0.3, -0.25) is 4.79 Å². The lowest BCUT2D eigenvalue weighted by molar-refractivity contribution is 0.100. The van der Waals surface area contributed by atoms with E-state index in [4.69, 9.17) is 21.2 Å². The SMILES string of the molecule is Cc1ccc(Oc2ccc(-c3nc(-c4ccc(N)cc4)ccc3C(N)=O)cc2)cc1. The van der Waals surface area contributed by atoms with Crippen LogP contribution in [-0.2, 0) is 0 Å². The van der Waals surface area contributed by atoms with Gasteiger partial charge in [0, 0.05) is 16.8 Å². The summed E-state index contributed by atoms with van der Waals surface area (Å²) in [7, 11) is 0. The molecule has 0 spiro atoms. The zero-order valence-electron chi connectivity index (χ0n) is 16.5. The number of aryl methyl sites for hydroxylation is 1. The normalized spacial score (nSPS) is 10.6. The van der Waals surface area contributed by atoms with Gasteiger partial charge in [-0.25, -0.2) is 4.98 Å². The van der Waals surface area contributed by atoms with Crippen LogP contribution in [0.4, 0.5) is 5.69 Å². The minimum absolute atomic E-state index is 0.362. The highest BCUT2D eigenvalue weighted by Crippen LogP contribution is 2.29. The maximum absolute atomic E-state index is 12.0. The van der Waals surface area contributed by atoms with Gasteiger partial charge in [0.05, 0.1) is 17.0 Å². The number of ether oxygens (including phenoxy) is 1. The number of primary amides is 1. The number of aromatic nitrogens is 1. The van der Waals surface area contributed by atoms with Crippen molar-refractivity contribution >= 4 is 11.6 Å². The lowest BCUT2D eigenvalue weighted by Gasteiger charge is -2.11. The minimum atomic E-state index is -0.527. The molecule has 30 heavy (non-hydrogen) atoms. The summed E-state index contributed by atoms with van der Waals surface area (Å²) in [5, 5.41) is 0. The summed E-state index contributed by atoms with van der Waals surface area (Å²) < 4.78 is 5.88. The average Bonchev–Trinajstić information content (AvgIpc) is 2.76. The molecule has 5 heteroatoms. The number of pyridine rings is 1. The number of hydrogen-bond acceptors (Lipinski definition) is 4. The Morgan fingerprint density at radius 1 is 0.767 bits per heavy atom. The molecule has 4 rings (SSSR count). The number of amides is 1. The molecule has 3 aromatic carbocycles. The predicted molar refractivity (Wildman–Crippen MR) is 119 cm³/mol. The molecule has 4 aromatic rings. The molecule has 5 nitrogen and oxygen atoms in total. The molecule has 0 unspecified atom stereocenters. The Kier molecular flexibility index (Phi) is 5.18. The van der Waals surface area contributed by atoms with Gasteiger partial charge in [0.15, 0.2) is 0 Å². The Morgan fingerprint density at radius 2 is 1.33 bits per heavy atom. The molecule has 1 aromatic heterocycles. The molecular formula is C25H21N3O2. The lowest BCUT2D eigenvalue weighted by Crippen LogP contribution is -2.13. The zero-order valence-corrected chi connectivity index (χ0v) is 16.5. The van der Waals surface area contributed by atoms with E-state index in [0.29, 0.717) is 22.7 Å². The third kappa shape index (κ3) is 4.15. The number of anilines is 1. The molecule has 0 aliphatic rings. The zero-order chi connectivity index (χ0) is 21.1. The molecule has 148 valence electrons. The van der Waals surface area contributed by atoms with E-state index in [9.17, 15) is 4.79 Å². The molecule has 4 N–H and O–H groups in total. The highest BCUT2D eigenvalue weighted by Gasteiger charge is 2.14. The van der Waals surface area contributed by atoms with Crippen molar-refractivity contribution in [2.45, 2.75) is 6.92 Å². The first-order chi connectivity index (χ1) is 14.5. The van der Waals surface area contributed by atoms with E-state index < -0.39 is 5.91 Å². The second kappa shape index (κ2) is 8.09. The molecule has 0 atom stereocenters. The molecule has 0 fully saturated rings. The maximum Gasteiger partial charge on any atom is 0.250 e. The van der Waals surface area contributed by atoms with Crippen LogP contribution in [0.15, 0.2) is 84.9 Å². The molecule has 0 saturated heterocycles. The Hall–Kier alpha value is -4.12. The van der Waals surface area contributed by atoms with Gasteiger partial charge in [-0.05, 0) is 67.6 Å². The van der Waals surface area contributed by atoms with E-state index >= 15 is 0 Å². The fraction of sp³-hybridized carbons (Fsp3) is 0.0400. The molecule has 1 amide bonds. The number of carbonyl (C=O) groups is 1. The Morgan fingerprint density at radius 3 is 1.93 bits per heavy atom. The maximum atomic E-state index is 12.0. The first-order valence-corrected chi connectivity index (χ1v) is 9.51. The van der Waals surface area contributed by atoms with Crippen LogP contribution in [0.2, 0.25) is 0 Å². The van der Waals surface area contributed by atoms with E-state index in [1.165, 1.54) is 5.56 Å².